The van der Waals surface area contributed by atoms with Crippen LogP contribution in [0.15, 0.2) is 48.5 Å². The number of nitrogens with two attached hydrogens (primary N) is 1. The smallest absolute Gasteiger partial charge is 0.312 e. The Balaban J connectivity index is 1.56. The van der Waals surface area contributed by atoms with Crippen LogP contribution in [0.3, 0.4) is 0 Å². The minimum absolute atomic E-state index is 0.0413. The highest BCUT2D eigenvalue weighted by Gasteiger charge is 2.33. The molecule has 2 atom stereocenters. The summed E-state index contributed by atoms with van der Waals surface area (Å²) < 4.78 is 1.12. The van der Waals surface area contributed by atoms with E-state index >= 15 is 0 Å². The minimum Gasteiger partial charge on any atom is -0.352 e. The summed E-state index contributed by atoms with van der Waals surface area (Å²) in [7, 11) is 0. The zero-order chi connectivity index (χ0) is 20.4. The van der Waals surface area contributed by atoms with E-state index in [1.165, 1.54) is 0 Å². The molecule has 1 saturated heterocycles. The van der Waals surface area contributed by atoms with Crippen molar-refractivity contribution in [3.05, 3.63) is 64.1 Å². The van der Waals surface area contributed by atoms with Gasteiger partial charge in [-0.3, -0.25) is 4.79 Å². The number of hydrogen-bond donors (Lipinski definition) is 2. The highest BCUT2D eigenvalue weighted by Crippen LogP contribution is 2.37. The number of para-hydroxylation sites is 1. The number of hydrogen-bond acceptors (Lipinski definition) is 4. The van der Waals surface area contributed by atoms with Crippen LogP contribution >= 0.6 is 22.9 Å². The van der Waals surface area contributed by atoms with Crippen LogP contribution in [0.1, 0.15) is 41.9 Å². The molecule has 0 saturated carbocycles. The van der Waals surface area contributed by atoms with Gasteiger partial charge in [0.05, 0.1) is 28.7 Å². The molecule has 0 bridgehead atoms. The van der Waals surface area contributed by atoms with E-state index in [1.807, 2.05) is 35.2 Å². The number of primary amides is 1. The van der Waals surface area contributed by atoms with Crippen molar-refractivity contribution < 1.29 is 9.59 Å². The minimum atomic E-state index is -0.688. The predicted octanol–water partition coefficient (Wildman–Crippen LogP) is 4.41. The molecule has 0 unspecified atom stereocenters. The van der Waals surface area contributed by atoms with Gasteiger partial charge in [0, 0.05) is 11.6 Å². The number of likely N-dealkylation sites (tertiary alicyclic amines) is 1. The Labute approximate surface area is 177 Å². The molecule has 1 aliphatic heterocycles. The summed E-state index contributed by atoms with van der Waals surface area (Å²) in [5, 5.41) is 4.10. The predicted molar refractivity (Wildman–Crippen MR) is 115 cm³/mol. The van der Waals surface area contributed by atoms with E-state index in [0.29, 0.717) is 17.1 Å². The van der Waals surface area contributed by atoms with Gasteiger partial charge in [0.1, 0.15) is 5.01 Å². The van der Waals surface area contributed by atoms with Gasteiger partial charge >= 0.3 is 6.03 Å². The van der Waals surface area contributed by atoms with Crippen LogP contribution in [-0.4, -0.2) is 28.4 Å². The van der Waals surface area contributed by atoms with E-state index < -0.39 is 12.1 Å². The number of carbonyl (C=O) groups excluding carboxylic acids is 2. The second kappa shape index (κ2) is 8.39. The molecule has 1 fully saturated rings. The number of nitrogens with one attached hydrogen (secondary N) is 1. The standard InChI is InChI=1S/C21H21ClN4O2S/c22-14-7-2-1-6-13(14)16(25-21(23)28)12-19(27)26-11-5-9-17(26)20-24-15-8-3-4-10-18(15)29-20/h1-4,6-8,10,16-17H,5,9,11-12H2,(H3,23,25,28)/t16-,17+/m1/s1. The van der Waals surface area contributed by atoms with Gasteiger partial charge < -0.3 is 16.0 Å². The quantitative estimate of drug-likeness (QED) is 0.630. The first kappa shape index (κ1) is 19.7. The molecule has 8 heteroatoms. The summed E-state index contributed by atoms with van der Waals surface area (Å²) in [6, 6.07) is 13.8. The average molecular weight is 429 g/mol. The molecule has 0 radical (unpaired) electrons. The van der Waals surface area contributed by atoms with Crippen molar-refractivity contribution >= 4 is 45.1 Å². The molecule has 150 valence electrons. The van der Waals surface area contributed by atoms with Crippen LogP contribution in [-0.2, 0) is 4.79 Å². The summed E-state index contributed by atoms with van der Waals surface area (Å²) >= 11 is 7.92. The molecular formula is C21H21ClN4O2S. The molecule has 3 N–H and O–H groups in total. The Morgan fingerprint density at radius 3 is 2.76 bits per heavy atom. The first-order valence-corrected chi connectivity index (χ1v) is 10.7. The number of benzene rings is 2. The van der Waals surface area contributed by atoms with Crippen LogP contribution < -0.4 is 11.1 Å². The van der Waals surface area contributed by atoms with Gasteiger partial charge in [0.2, 0.25) is 5.91 Å². The molecule has 0 aliphatic carbocycles. The molecule has 29 heavy (non-hydrogen) atoms. The molecule has 1 aromatic heterocycles. The van der Waals surface area contributed by atoms with Crippen molar-refractivity contribution in [1.29, 1.82) is 0 Å². The Morgan fingerprint density at radius 2 is 2.00 bits per heavy atom. The van der Waals surface area contributed by atoms with Crippen LogP contribution in [0, 0.1) is 0 Å². The first-order valence-electron chi connectivity index (χ1n) is 9.48. The average Bonchev–Trinajstić information content (AvgIpc) is 3.34. The number of aromatic nitrogens is 1. The maximum Gasteiger partial charge on any atom is 0.312 e. The van der Waals surface area contributed by atoms with Gasteiger partial charge in [-0.2, -0.15) is 0 Å². The third-order valence-corrected chi connectivity index (χ3v) is 6.63. The number of carbonyl (C=O) groups is 2. The molecule has 1 aliphatic rings. The van der Waals surface area contributed by atoms with Crippen LogP contribution in [0.2, 0.25) is 5.02 Å². The lowest BCUT2D eigenvalue weighted by Gasteiger charge is -2.26. The largest absolute Gasteiger partial charge is 0.352 e. The Morgan fingerprint density at radius 1 is 1.24 bits per heavy atom. The van der Waals surface area contributed by atoms with Crippen molar-refractivity contribution in [3.63, 3.8) is 0 Å². The number of thiazole rings is 1. The van der Waals surface area contributed by atoms with Gasteiger partial charge in [-0.15, -0.1) is 11.3 Å². The SMILES string of the molecule is NC(=O)N[C@H](CC(=O)N1CCC[C@H]1c1nc2ccccc2s1)c1ccccc1Cl. The summed E-state index contributed by atoms with van der Waals surface area (Å²) in [6.45, 7) is 0.672. The van der Waals surface area contributed by atoms with Crippen molar-refractivity contribution in [1.82, 2.24) is 15.2 Å². The number of amides is 3. The van der Waals surface area contributed by atoms with Gasteiger partial charge in [-0.25, -0.2) is 9.78 Å². The first-order chi connectivity index (χ1) is 14.0. The summed E-state index contributed by atoms with van der Waals surface area (Å²) in [4.78, 5) is 31.3. The van der Waals surface area contributed by atoms with E-state index in [0.717, 1.165) is 28.1 Å². The molecule has 6 nitrogen and oxygen atoms in total. The summed E-state index contributed by atoms with van der Waals surface area (Å²) in [5.41, 5.74) is 6.98. The van der Waals surface area contributed by atoms with Gasteiger partial charge in [-0.05, 0) is 36.6 Å². The molecule has 2 heterocycles. The molecule has 3 amide bonds. The van der Waals surface area contributed by atoms with Crippen molar-refractivity contribution in [2.24, 2.45) is 5.73 Å². The van der Waals surface area contributed by atoms with E-state index in [-0.39, 0.29) is 18.4 Å². The molecule has 4 rings (SSSR count). The maximum atomic E-state index is 13.2. The fourth-order valence-electron chi connectivity index (χ4n) is 3.81. The van der Waals surface area contributed by atoms with Gasteiger partial charge in [0.25, 0.3) is 0 Å². The number of rotatable bonds is 5. The van der Waals surface area contributed by atoms with Crippen LogP contribution in [0.25, 0.3) is 10.2 Å². The summed E-state index contributed by atoms with van der Waals surface area (Å²) in [5.74, 6) is -0.0505. The third-order valence-electron chi connectivity index (χ3n) is 5.14. The van der Waals surface area contributed by atoms with Gasteiger partial charge in [0.15, 0.2) is 0 Å². The fourth-order valence-corrected chi connectivity index (χ4v) is 5.20. The van der Waals surface area contributed by atoms with Crippen LogP contribution in [0.4, 0.5) is 4.79 Å². The topological polar surface area (TPSA) is 88.3 Å². The Kier molecular flexibility index (Phi) is 5.69. The number of urea groups is 1. The number of halogens is 1. The van der Waals surface area contributed by atoms with Crippen molar-refractivity contribution in [2.45, 2.75) is 31.3 Å². The number of nitrogens with zero attached hydrogens (tertiary/aromatic N) is 2. The Bertz CT molecular complexity index is 1020. The highest BCUT2D eigenvalue weighted by atomic mass is 35.5. The Hall–Kier alpha value is -2.64. The van der Waals surface area contributed by atoms with E-state index in [9.17, 15) is 9.59 Å². The van der Waals surface area contributed by atoms with Crippen LogP contribution in [0.5, 0.6) is 0 Å². The molecule has 0 spiro atoms. The molecular weight excluding hydrogens is 408 g/mol. The van der Waals surface area contributed by atoms with E-state index in [4.69, 9.17) is 22.3 Å². The zero-order valence-electron chi connectivity index (χ0n) is 15.7. The molecule has 3 aromatic rings. The lowest BCUT2D eigenvalue weighted by molar-refractivity contribution is -0.132. The second-order valence-electron chi connectivity index (χ2n) is 7.05. The van der Waals surface area contributed by atoms with Crippen molar-refractivity contribution in [3.8, 4) is 0 Å². The zero-order valence-corrected chi connectivity index (χ0v) is 17.2. The normalized spacial score (nSPS) is 17.4. The summed E-state index contributed by atoms with van der Waals surface area (Å²) in [6.07, 6.45) is 1.89. The van der Waals surface area contributed by atoms with Crippen molar-refractivity contribution in [2.75, 3.05) is 6.54 Å². The van der Waals surface area contributed by atoms with Gasteiger partial charge in [-0.1, -0.05) is 41.9 Å². The fraction of sp³-hybridized carbons (Fsp3) is 0.286. The highest BCUT2D eigenvalue weighted by molar-refractivity contribution is 7.18. The van der Waals surface area contributed by atoms with E-state index in [1.54, 1.807) is 29.5 Å². The number of fused-ring (bicyclic) bond motifs is 1. The van der Waals surface area contributed by atoms with E-state index in [2.05, 4.69) is 5.32 Å². The monoisotopic (exact) mass is 428 g/mol. The molecule has 2 aromatic carbocycles. The lowest BCUT2D eigenvalue weighted by atomic mass is 10.0. The maximum absolute atomic E-state index is 13.2. The third kappa shape index (κ3) is 4.21. The second-order valence-corrected chi connectivity index (χ2v) is 8.52. The lowest BCUT2D eigenvalue weighted by Crippen LogP contribution is -2.38.